The summed E-state index contributed by atoms with van der Waals surface area (Å²) in [5, 5.41) is -6.10. The minimum absolute atomic E-state index is 0.0339. The second kappa shape index (κ2) is 12.8. The quantitative estimate of drug-likeness (QED) is 0.278. The summed E-state index contributed by atoms with van der Waals surface area (Å²) in [5.41, 5.74) is -34.9. The molecule has 0 spiro atoms. The fourth-order valence-electron chi connectivity index (χ4n) is 13.3. The number of rotatable bonds is 2. The number of hydrogen-bond donors (Lipinski definition) is 0. The van der Waals surface area contributed by atoms with Crippen molar-refractivity contribution in [1.29, 1.82) is 0 Å². The molecule has 0 radical (unpaired) electrons. The summed E-state index contributed by atoms with van der Waals surface area (Å²) >= 11 is 0. The van der Waals surface area contributed by atoms with Crippen LogP contribution in [0.4, 0.5) is 105 Å². The summed E-state index contributed by atoms with van der Waals surface area (Å²) in [7, 11) is 0. The van der Waals surface area contributed by atoms with Crippen LogP contribution < -0.4 is 0 Å². The highest BCUT2D eigenvalue weighted by molar-refractivity contribution is 5.42. The number of fused-ring (bicyclic) bond motifs is 12. The van der Waals surface area contributed by atoms with Gasteiger partial charge in [0, 0.05) is 36.8 Å². The second-order valence-corrected chi connectivity index (χ2v) is 17.8. The molecule has 0 aromatic heterocycles. The molecule has 0 unspecified atom stereocenters. The maximum atomic E-state index is 16.1. The van der Waals surface area contributed by atoms with Gasteiger partial charge in [-0.15, -0.1) is 0 Å². The van der Waals surface area contributed by atoms with Gasteiger partial charge in [0.1, 0.15) is 0 Å². The van der Waals surface area contributed by atoms with E-state index in [0.717, 1.165) is 36.4 Å². The fraction of sp³-hybridized carbons (Fsp3) is 0.676. The first-order valence-corrected chi connectivity index (χ1v) is 18.9. The average Bonchev–Trinajstić information content (AvgIpc) is 3.92. The molecule has 8 rings (SSSR count). The van der Waals surface area contributed by atoms with E-state index in [1.807, 2.05) is 0 Å². The smallest absolute Gasteiger partial charge is 0.213 e. The molecular weight excluding hydrogens is 956 g/mol. The van der Waals surface area contributed by atoms with Crippen molar-refractivity contribution in [1.82, 2.24) is 20.0 Å². The molecule has 364 valence electrons. The van der Waals surface area contributed by atoms with Crippen LogP contribution in [0.25, 0.3) is 0 Å². The Morgan fingerprint density at radius 2 is 0.631 bits per heavy atom. The zero-order valence-corrected chi connectivity index (χ0v) is 32.2. The Bertz CT molecular complexity index is 1980. The monoisotopic (exact) mass is 984 g/mol. The maximum absolute atomic E-state index is 16.1. The third-order valence-corrected chi connectivity index (χ3v) is 15.0. The van der Waals surface area contributed by atoms with Crippen LogP contribution in [0.1, 0.15) is 44.2 Å². The van der Waals surface area contributed by atoms with Crippen molar-refractivity contribution in [2.24, 2.45) is 23.7 Å². The summed E-state index contributed by atoms with van der Waals surface area (Å²) in [6, 6.07) is -1.34. The van der Waals surface area contributed by atoms with E-state index < -0.39 is 169 Å². The van der Waals surface area contributed by atoms with Gasteiger partial charge < -0.3 is 0 Å². The van der Waals surface area contributed by atoms with Crippen LogP contribution in [0.2, 0.25) is 0 Å². The van der Waals surface area contributed by atoms with Crippen molar-refractivity contribution in [3.8, 4) is 0 Å². The van der Waals surface area contributed by atoms with Crippen molar-refractivity contribution >= 4 is 0 Å². The third-order valence-electron chi connectivity index (χ3n) is 15.0. The molecule has 6 fully saturated rings. The van der Waals surface area contributed by atoms with E-state index in [4.69, 9.17) is 0 Å². The average molecular weight is 985 g/mol. The summed E-state index contributed by atoms with van der Waals surface area (Å²) in [6.07, 6.45) is -65.6. The van der Waals surface area contributed by atoms with E-state index in [0.29, 0.717) is 24.3 Å². The molecule has 28 heteroatoms. The fourth-order valence-corrected chi connectivity index (χ4v) is 13.3. The van der Waals surface area contributed by atoms with E-state index in [1.165, 1.54) is 0 Å². The van der Waals surface area contributed by atoms with Gasteiger partial charge in [0.05, 0.1) is 11.1 Å². The normalized spacial score (nSPS) is 35.1. The number of nitrogens with zero attached hydrogens (tertiary/aromatic N) is 4. The second-order valence-electron chi connectivity index (χ2n) is 17.8. The van der Waals surface area contributed by atoms with Gasteiger partial charge in [0.25, 0.3) is 0 Å². The number of hydrazine groups is 2. The molecule has 0 amide bonds. The van der Waals surface area contributed by atoms with Crippen LogP contribution in [0.15, 0.2) is 60.7 Å². The van der Waals surface area contributed by atoms with Gasteiger partial charge in [-0.1, -0.05) is 60.7 Å². The number of alkyl halides is 24. The van der Waals surface area contributed by atoms with Gasteiger partial charge in [0.2, 0.25) is 22.2 Å². The van der Waals surface area contributed by atoms with Gasteiger partial charge in [-0.3, -0.25) is 0 Å². The maximum Gasteiger partial charge on any atom is 0.417 e. The molecule has 4 nitrogen and oxygen atoms in total. The lowest BCUT2D eigenvalue weighted by atomic mass is 9.60. The molecule has 4 heterocycles. The van der Waals surface area contributed by atoms with Crippen molar-refractivity contribution in [2.75, 3.05) is 0 Å². The van der Waals surface area contributed by atoms with Crippen LogP contribution in [-0.2, 0) is 11.1 Å². The van der Waals surface area contributed by atoms with Gasteiger partial charge in [-0.25, -0.2) is 20.0 Å². The van der Waals surface area contributed by atoms with Crippen LogP contribution in [-0.4, -0.2) is 104 Å². The van der Waals surface area contributed by atoms with Crippen LogP contribution in [0.5, 0.6) is 0 Å². The zero-order chi connectivity index (χ0) is 49.1. The van der Waals surface area contributed by atoms with Gasteiger partial charge >= 0.3 is 49.4 Å². The van der Waals surface area contributed by atoms with E-state index in [2.05, 4.69) is 0 Å². The Hall–Kier alpha value is -3.40. The molecule has 2 bridgehead atoms. The minimum atomic E-state index is -7.30. The Kier molecular flexibility index (Phi) is 9.48. The Labute approximate surface area is 349 Å². The molecule has 2 aliphatic carbocycles. The largest absolute Gasteiger partial charge is 0.417 e. The lowest BCUT2D eigenvalue weighted by Gasteiger charge is -2.52. The van der Waals surface area contributed by atoms with Gasteiger partial charge in [0.15, 0.2) is 0 Å². The van der Waals surface area contributed by atoms with Crippen molar-refractivity contribution in [2.45, 2.75) is 128 Å². The van der Waals surface area contributed by atoms with Crippen LogP contribution in [0, 0.1) is 23.7 Å². The SMILES string of the molecule is C[C@]1(c2ccccc2)CC(C(F)(F)F)(C(F)(F)F)N2[C@H]3[C@H]4C[C@H]([C@H]5[C@@H]4C(C(F)(F)F)(C(F)(F)F)N4N5C(C(F)(F)F)(C(F)(F)F)C[C@]4(C)c4ccccc4)[C@H]3C(C(F)(F)F)(C(F)(F)F)N21. The molecule has 6 aliphatic rings. The summed E-state index contributed by atoms with van der Waals surface area (Å²) < 4.78 is 381. The van der Waals surface area contributed by atoms with E-state index in [9.17, 15) is 0 Å². The van der Waals surface area contributed by atoms with E-state index in [-0.39, 0.29) is 13.8 Å². The minimum Gasteiger partial charge on any atom is -0.213 e. The Morgan fingerprint density at radius 1 is 0.385 bits per heavy atom. The first kappa shape index (κ1) is 48.1. The standard InChI is InChI=1S/C37H28F24N4/c1-24(16-9-5-3-6-10-16)14-26(30(38,39)40,31(41,42)43)62-22-19-13-18(20(22)28(64(24)62,34(50,51)52)35(53,54)55)23-21(19)29(36(56,57)58,37(59,60)61)65-25(2,17-11-7-4-8-12-17)15-27(63(23)65,32(44,45)46)33(47,48)49/h3-12,18-23H,13-15H2,1-2H3/t18-,19-,20+,21+,22-,23-,24+,25+/m0/s1. The van der Waals surface area contributed by atoms with Gasteiger partial charge in [-0.05, 0) is 43.2 Å². The highest BCUT2D eigenvalue weighted by Crippen LogP contribution is 2.82. The molecule has 4 aliphatic heterocycles. The highest BCUT2D eigenvalue weighted by atomic mass is 19.4. The first-order chi connectivity index (χ1) is 29.1. The van der Waals surface area contributed by atoms with E-state index >= 15 is 105 Å². The topological polar surface area (TPSA) is 13.0 Å². The van der Waals surface area contributed by atoms with Crippen molar-refractivity contribution in [3.05, 3.63) is 71.8 Å². The van der Waals surface area contributed by atoms with Crippen LogP contribution in [0.3, 0.4) is 0 Å². The summed E-state index contributed by atoms with van der Waals surface area (Å²) in [6.45, 7) is 0.0677. The first-order valence-electron chi connectivity index (χ1n) is 18.9. The third kappa shape index (κ3) is 5.17. The molecule has 4 saturated heterocycles. The van der Waals surface area contributed by atoms with Crippen molar-refractivity contribution in [3.63, 3.8) is 0 Å². The molecule has 2 saturated carbocycles. The summed E-state index contributed by atoms with van der Waals surface area (Å²) in [5.74, 6) is -15.9. The highest BCUT2D eigenvalue weighted by Gasteiger charge is 3.01. The Morgan fingerprint density at radius 3 is 0.846 bits per heavy atom. The number of benzene rings is 2. The lowest BCUT2D eigenvalue weighted by molar-refractivity contribution is -0.400. The summed E-state index contributed by atoms with van der Waals surface area (Å²) in [4.78, 5) is 0. The number of hydrogen-bond acceptors (Lipinski definition) is 4. The van der Waals surface area contributed by atoms with Crippen molar-refractivity contribution < 1.29 is 105 Å². The molecule has 8 atom stereocenters. The van der Waals surface area contributed by atoms with Gasteiger partial charge in [-0.2, -0.15) is 105 Å². The lowest BCUT2D eigenvalue weighted by Crippen LogP contribution is -2.74. The molecule has 2 aromatic rings. The number of halogens is 24. The Balaban J connectivity index is 1.57. The zero-order valence-electron chi connectivity index (χ0n) is 32.2. The van der Waals surface area contributed by atoms with Crippen LogP contribution >= 0.6 is 0 Å². The molecular formula is C37H28F24N4. The van der Waals surface area contributed by atoms with E-state index in [1.54, 1.807) is 0 Å². The molecule has 65 heavy (non-hydrogen) atoms. The molecule has 0 N–H and O–H groups in total. The molecule has 2 aromatic carbocycles. The predicted octanol–water partition coefficient (Wildman–Crippen LogP) is 11.8. The predicted molar refractivity (Wildman–Crippen MR) is 170 cm³/mol.